The van der Waals surface area contributed by atoms with Gasteiger partial charge in [0.05, 0.1) is 5.52 Å². The number of benzene rings is 1. The molecule has 176 valence electrons. The predicted molar refractivity (Wildman–Crippen MR) is 123 cm³/mol. The van der Waals surface area contributed by atoms with Crippen LogP contribution in [0, 0.1) is 0 Å². The lowest BCUT2D eigenvalue weighted by Crippen LogP contribution is -2.13. The number of nitrogens with two attached hydrogens (primary N) is 1. The van der Waals surface area contributed by atoms with Crippen LogP contribution >= 0.6 is 0 Å². The number of nitrogens with zero attached hydrogens (tertiary/aromatic N) is 3. The number of hydrogen-bond donors (Lipinski definition) is 4. The molecule has 11 nitrogen and oxygen atoms in total. The molecule has 3 aromatic heterocycles. The normalized spacial score (nSPS) is 13.4. The molecule has 0 saturated heterocycles. The monoisotopic (exact) mass is 464 g/mol. The van der Waals surface area contributed by atoms with Crippen LogP contribution in [0.4, 0.5) is 0 Å². The molecule has 4 aromatic rings. The fourth-order valence-corrected chi connectivity index (χ4v) is 3.48. The van der Waals surface area contributed by atoms with E-state index in [1.807, 2.05) is 39.0 Å². The molecule has 0 atom stereocenters. The first kappa shape index (κ1) is 22.9. The molecule has 1 saturated carbocycles. The number of rotatable bonds is 4. The minimum absolute atomic E-state index is 0.281. The number of aromatic carboxylic acids is 1. The van der Waals surface area contributed by atoms with E-state index in [1.54, 1.807) is 12.3 Å². The van der Waals surface area contributed by atoms with E-state index in [9.17, 15) is 14.4 Å². The number of carbonyl (C=O) groups is 2. The second-order valence-corrected chi connectivity index (χ2v) is 9.08. The molecule has 5 N–H and O–H groups in total. The van der Waals surface area contributed by atoms with Crippen molar-refractivity contribution >= 4 is 23.0 Å². The maximum absolute atomic E-state index is 11.6. The van der Waals surface area contributed by atoms with Crippen molar-refractivity contribution < 1.29 is 19.2 Å². The van der Waals surface area contributed by atoms with Gasteiger partial charge in [0.2, 0.25) is 5.91 Å². The molecule has 1 aliphatic rings. The highest BCUT2D eigenvalue weighted by Crippen LogP contribution is 2.43. The van der Waals surface area contributed by atoms with Crippen molar-refractivity contribution in [1.29, 1.82) is 0 Å². The first-order valence-electron chi connectivity index (χ1n) is 10.6. The molecule has 1 fully saturated rings. The largest absolute Gasteiger partial charge is 0.474 e. The van der Waals surface area contributed by atoms with Gasteiger partial charge in [0.1, 0.15) is 0 Å². The summed E-state index contributed by atoms with van der Waals surface area (Å²) >= 11 is 0. The Morgan fingerprint density at radius 1 is 1.18 bits per heavy atom. The summed E-state index contributed by atoms with van der Waals surface area (Å²) in [4.78, 5) is 46.7. The first-order valence-corrected chi connectivity index (χ1v) is 10.6. The minimum atomic E-state index is -1.20. The Labute approximate surface area is 193 Å². The van der Waals surface area contributed by atoms with Crippen LogP contribution < -0.4 is 11.4 Å². The van der Waals surface area contributed by atoms with Crippen LogP contribution in [0.1, 0.15) is 72.0 Å². The number of amides is 1. The van der Waals surface area contributed by atoms with Gasteiger partial charge < -0.3 is 20.3 Å². The number of aromatic nitrogens is 5. The summed E-state index contributed by atoms with van der Waals surface area (Å²) in [6.45, 7) is 5.64. The number of pyridine rings is 1. The number of primary amides is 1. The minimum Gasteiger partial charge on any atom is -0.474 e. The highest BCUT2D eigenvalue weighted by Gasteiger charge is 2.28. The van der Waals surface area contributed by atoms with Gasteiger partial charge >= 0.3 is 17.5 Å². The summed E-state index contributed by atoms with van der Waals surface area (Å²) in [5.41, 5.74) is 9.48. The zero-order valence-electron chi connectivity index (χ0n) is 18.9. The maximum Gasteiger partial charge on any atom is 0.394 e. The fourth-order valence-electron chi connectivity index (χ4n) is 3.48. The van der Waals surface area contributed by atoms with Gasteiger partial charge in [-0.1, -0.05) is 32.0 Å². The van der Waals surface area contributed by atoms with Gasteiger partial charge in [-0.05, 0) is 48.1 Å². The molecule has 1 aliphatic carbocycles. The highest BCUT2D eigenvalue weighted by atomic mass is 16.5. The Kier molecular flexibility index (Phi) is 5.78. The summed E-state index contributed by atoms with van der Waals surface area (Å²) in [6.07, 6.45) is 3.81. The van der Waals surface area contributed by atoms with Crippen LogP contribution in [0.25, 0.3) is 22.3 Å². The lowest BCUT2D eigenvalue weighted by Gasteiger charge is -2.10. The van der Waals surface area contributed by atoms with Gasteiger partial charge in [-0.25, -0.2) is 14.6 Å². The van der Waals surface area contributed by atoms with Gasteiger partial charge in [0.25, 0.3) is 0 Å². The van der Waals surface area contributed by atoms with Crippen molar-refractivity contribution in [2.24, 2.45) is 5.73 Å². The number of carbonyl (C=O) groups excluding carboxylic acids is 1. The van der Waals surface area contributed by atoms with Crippen molar-refractivity contribution in [3.63, 3.8) is 0 Å². The van der Waals surface area contributed by atoms with Gasteiger partial charge in [-0.2, -0.15) is 4.98 Å². The third-order valence-corrected chi connectivity index (χ3v) is 5.35. The molecule has 0 aliphatic heterocycles. The molecule has 0 radical (unpaired) electrons. The molecule has 0 bridgehead atoms. The van der Waals surface area contributed by atoms with Crippen molar-refractivity contribution in [3.05, 3.63) is 63.8 Å². The number of carboxylic acids is 1. The first-order chi connectivity index (χ1) is 16.0. The van der Waals surface area contributed by atoms with Crippen LogP contribution in [0.5, 0.6) is 0 Å². The SMILES string of the molecule is CC(C)(C)c1noc(C(=O)O)n1.NC(=O)c1ccc(-c2ccnc3[nH]c(=O)[nH]c23)cc1C1CC1. The molecule has 11 heteroatoms. The van der Waals surface area contributed by atoms with Crippen molar-refractivity contribution in [1.82, 2.24) is 25.1 Å². The summed E-state index contributed by atoms with van der Waals surface area (Å²) < 4.78 is 4.49. The van der Waals surface area contributed by atoms with Crippen molar-refractivity contribution in [2.45, 2.75) is 44.9 Å². The predicted octanol–water partition coefficient (Wildman–Crippen LogP) is 2.96. The molecule has 5 rings (SSSR count). The molecule has 3 heterocycles. The number of nitrogens with one attached hydrogen (secondary N) is 2. The van der Waals surface area contributed by atoms with E-state index in [1.165, 1.54) is 0 Å². The van der Waals surface area contributed by atoms with E-state index in [0.717, 1.165) is 29.5 Å². The molecule has 0 unspecified atom stereocenters. The van der Waals surface area contributed by atoms with Crippen LogP contribution in [0.3, 0.4) is 0 Å². The van der Waals surface area contributed by atoms with Gasteiger partial charge in [-0.3, -0.25) is 9.78 Å². The van der Waals surface area contributed by atoms with Gasteiger partial charge in [0.15, 0.2) is 11.5 Å². The fraction of sp³-hybridized carbons (Fsp3) is 0.304. The van der Waals surface area contributed by atoms with Crippen LogP contribution in [-0.4, -0.2) is 42.1 Å². The van der Waals surface area contributed by atoms with Crippen LogP contribution in [0.2, 0.25) is 0 Å². The van der Waals surface area contributed by atoms with E-state index >= 15 is 0 Å². The second kappa shape index (κ2) is 8.58. The summed E-state index contributed by atoms with van der Waals surface area (Å²) in [6, 6.07) is 7.47. The molecule has 0 spiro atoms. The number of hydrogen-bond acceptors (Lipinski definition) is 7. The summed E-state index contributed by atoms with van der Waals surface area (Å²) in [5.74, 6) is -1.15. The Bertz CT molecular complexity index is 1440. The number of H-pyrrole nitrogens is 2. The van der Waals surface area contributed by atoms with E-state index < -0.39 is 11.9 Å². The second-order valence-electron chi connectivity index (χ2n) is 9.08. The van der Waals surface area contributed by atoms with Gasteiger partial charge in [-0.15, -0.1) is 0 Å². The average Bonchev–Trinajstić information content (AvgIpc) is 3.34. The third-order valence-electron chi connectivity index (χ3n) is 5.35. The molecule has 1 aromatic carbocycles. The number of fused-ring (bicyclic) bond motifs is 1. The molecule has 1 amide bonds. The quantitative estimate of drug-likeness (QED) is 0.355. The Hall–Kier alpha value is -4.28. The standard InChI is InChI=1S/C16H14N4O2.C7H10N2O3/c17-14(21)11-4-3-9(7-12(11)8-1-2-8)10-5-6-18-15-13(10)19-16(22)20-15;1-7(2,3)6-8-4(5(10)11)12-9-6/h3-8H,1-2H2,(H2,17,21)(H2,18,19,20,22);1-3H3,(H,10,11). The highest BCUT2D eigenvalue weighted by molar-refractivity contribution is 5.96. The summed E-state index contributed by atoms with van der Waals surface area (Å²) in [7, 11) is 0. The zero-order chi connectivity index (χ0) is 24.6. The van der Waals surface area contributed by atoms with Crippen molar-refractivity contribution in [2.75, 3.05) is 0 Å². The average molecular weight is 464 g/mol. The smallest absolute Gasteiger partial charge is 0.394 e. The maximum atomic E-state index is 11.6. The van der Waals surface area contributed by atoms with Crippen LogP contribution in [-0.2, 0) is 5.41 Å². The van der Waals surface area contributed by atoms with E-state index in [4.69, 9.17) is 10.8 Å². The Balaban J connectivity index is 0.000000195. The van der Waals surface area contributed by atoms with E-state index in [0.29, 0.717) is 28.5 Å². The number of imidazole rings is 1. The number of carboxylic acid groups (broad SMARTS) is 1. The Morgan fingerprint density at radius 2 is 1.91 bits per heavy atom. The number of aromatic amines is 2. The summed E-state index contributed by atoms with van der Waals surface area (Å²) in [5, 5.41) is 12.0. The third kappa shape index (κ3) is 4.72. The molecule has 34 heavy (non-hydrogen) atoms. The molecular weight excluding hydrogens is 440 g/mol. The van der Waals surface area contributed by atoms with Crippen molar-refractivity contribution in [3.8, 4) is 11.1 Å². The topological polar surface area (TPSA) is 181 Å². The zero-order valence-corrected chi connectivity index (χ0v) is 18.9. The van der Waals surface area contributed by atoms with E-state index in [2.05, 4.69) is 29.6 Å². The lowest BCUT2D eigenvalue weighted by molar-refractivity contribution is 0.0643. The van der Waals surface area contributed by atoms with E-state index in [-0.39, 0.29) is 17.0 Å². The van der Waals surface area contributed by atoms with Gasteiger partial charge in [0, 0.05) is 22.7 Å². The molecular formula is C23H24N6O5. The Morgan fingerprint density at radius 3 is 2.47 bits per heavy atom. The lowest BCUT2D eigenvalue weighted by atomic mass is 9.96. The van der Waals surface area contributed by atoms with Crippen LogP contribution in [0.15, 0.2) is 39.8 Å².